The molecule has 48 heavy (non-hydrogen) atoms. The summed E-state index contributed by atoms with van der Waals surface area (Å²) in [6.07, 6.45) is -9.19. The molecule has 1 aliphatic carbocycles. The van der Waals surface area contributed by atoms with Crippen molar-refractivity contribution in [2.24, 2.45) is 17.8 Å². The number of halogens is 6. The first-order valence-corrected chi connectivity index (χ1v) is 15.3. The number of benzene rings is 2. The van der Waals surface area contributed by atoms with Gasteiger partial charge in [0, 0.05) is 5.92 Å². The molecule has 3 N–H and O–H groups in total. The summed E-state index contributed by atoms with van der Waals surface area (Å²) in [5.74, 6) is -4.75. The number of imide groups is 1. The highest BCUT2D eigenvalue weighted by atomic mass is 19.4. The highest BCUT2D eigenvalue weighted by molar-refractivity contribution is 6.22. The van der Waals surface area contributed by atoms with Gasteiger partial charge in [-0.2, -0.15) is 26.3 Å². The first-order chi connectivity index (χ1) is 22.7. The standard InChI is InChI=1S/C35H33F6NO6/c1-2-19-13-27-31(33(47)42(32(27)46)24-15-22(34(36,37)38)14-23(16-24)35(39,40)41)28(18-44)30(19)29(45)11-8-21(20-6-4-3-5-7-20)12-25-9-10-26(17-43)48-25/h3-7,9-10,12,14-16,27-29,31,43-45H,2,8,11,13,17-18H2,1H3/b21-12-/t27-,28+,29-,31-/m1/s1. The van der Waals surface area contributed by atoms with Crippen molar-refractivity contribution < 1.29 is 55.7 Å². The van der Waals surface area contributed by atoms with E-state index in [-0.39, 0.29) is 31.9 Å². The van der Waals surface area contributed by atoms with Crippen LogP contribution < -0.4 is 4.90 Å². The number of aliphatic hydroxyl groups is 3. The molecular formula is C35H33F6NO6. The minimum absolute atomic E-state index is 0.0616. The number of amides is 2. The number of hydrogen-bond donors (Lipinski definition) is 3. The van der Waals surface area contributed by atoms with Gasteiger partial charge in [-0.3, -0.25) is 9.59 Å². The molecule has 2 aliphatic rings. The van der Waals surface area contributed by atoms with E-state index in [1.165, 1.54) is 0 Å². The third-order valence-electron chi connectivity index (χ3n) is 8.98. The van der Waals surface area contributed by atoms with Crippen molar-refractivity contribution in [2.75, 3.05) is 11.5 Å². The van der Waals surface area contributed by atoms with Gasteiger partial charge in [0.25, 0.3) is 0 Å². The number of aliphatic hydroxyl groups excluding tert-OH is 3. The van der Waals surface area contributed by atoms with Crippen LogP contribution in [0.25, 0.3) is 11.6 Å². The molecule has 5 rings (SSSR count). The Morgan fingerprint density at radius 3 is 2.15 bits per heavy atom. The monoisotopic (exact) mass is 677 g/mol. The molecule has 0 radical (unpaired) electrons. The zero-order chi connectivity index (χ0) is 35.0. The number of alkyl halides is 6. The van der Waals surface area contributed by atoms with Crippen LogP contribution >= 0.6 is 0 Å². The molecule has 1 aliphatic heterocycles. The minimum atomic E-state index is -5.19. The topological polar surface area (TPSA) is 111 Å². The summed E-state index contributed by atoms with van der Waals surface area (Å²) < 4.78 is 87.2. The van der Waals surface area contributed by atoms with Crippen molar-refractivity contribution >= 4 is 29.2 Å². The molecule has 0 bridgehead atoms. The summed E-state index contributed by atoms with van der Waals surface area (Å²) in [6, 6.07) is 13.1. The SMILES string of the molecule is CCC1=C([C@H](O)CC/C(=C/c2ccc(CO)o2)c2ccccc2)[C@H](CO)[C@@H]2C(=O)N(c3cc(C(F)(F)F)cc(C(F)(F)F)c3)C(=O)[C@@H]2C1. The van der Waals surface area contributed by atoms with Gasteiger partial charge in [0.15, 0.2) is 0 Å². The van der Waals surface area contributed by atoms with Crippen molar-refractivity contribution in [1.29, 1.82) is 0 Å². The summed E-state index contributed by atoms with van der Waals surface area (Å²) in [7, 11) is 0. The molecule has 2 amide bonds. The van der Waals surface area contributed by atoms with Gasteiger partial charge in [-0.05, 0) is 78.8 Å². The Hall–Kier alpha value is -4.20. The summed E-state index contributed by atoms with van der Waals surface area (Å²) in [5, 5.41) is 31.5. The van der Waals surface area contributed by atoms with E-state index in [0.717, 1.165) is 11.1 Å². The molecule has 1 aromatic heterocycles. The van der Waals surface area contributed by atoms with E-state index in [1.807, 2.05) is 30.3 Å². The maximum absolute atomic E-state index is 13.8. The average molecular weight is 678 g/mol. The number of rotatable bonds is 10. The van der Waals surface area contributed by atoms with E-state index >= 15 is 0 Å². The first kappa shape index (κ1) is 35.1. The van der Waals surface area contributed by atoms with Gasteiger partial charge in [0.2, 0.25) is 11.8 Å². The normalized spacial score (nSPS) is 21.2. The van der Waals surface area contributed by atoms with Crippen LogP contribution in [0.4, 0.5) is 32.0 Å². The average Bonchev–Trinajstić information content (AvgIpc) is 3.62. The minimum Gasteiger partial charge on any atom is -0.459 e. The Morgan fingerprint density at radius 2 is 1.60 bits per heavy atom. The highest BCUT2D eigenvalue weighted by Gasteiger charge is 2.55. The Kier molecular flexibility index (Phi) is 10.0. The second-order valence-corrected chi connectivity index (χ2v) is 11.9. The lowest BCUT2D eigenvalue weighted by molar-refractivity contribution is -0.143. The quantitative estimate of drug-likeness (QED) is 0.121. The van der Waals surface area contributed by atoms with Gasteiger partial charge >= 0.3 is 12.4 Å². The third-order valence-corrected chi connectivity index (χ3v) is 8.98. The predicted octanol–water partition coefficient (Wildman–Crippen LogP) is 7.02. The van der Waals surface area contributed by atoms with E-state index in [1.54, 1.807) is 25.1 Å². The second kappa shape index (κ2) is 13.7. The van der Waals surface area contributed by atoms with Crippen LogP contribution in [-0.4, -0.2) is 39.8 Å². The fourth-order valence-electron chi connectivity index (χ4n) is 6.75. The molecule has 13 heteroatoms. The Labute approximate surface area is 271 Å². The van der Waals surface area contributed by atoms with Gasteiger partial charge in [0.05, 0.1) is 41.4 Å². The lowest BCUT2D eigenvalue weighted by Crippen LogP contribution is -2.39. The maximum Gasteiger partial charge on any atom is 0.416 e. The number of nitrogens with zero attached hydrogens (tertiary/aromatic N) is 1. The molecule has 3 aromatic rings. The number of anilines is 1. The van der Waals surface area contributed by atoms with Gasteiger partial charge < -0.3 is 19.7 Å². The van der Waals surface area contributed by atoms with Crippen LogP contribution in [0.1, 0.15) is 60.8 Å². The molecule has 1 fully saturated rings. The Balaban J connectivity index is 1.46. The molecule has 1 saturated heterocycles. The molecule has 0 unspecified atom stereocenters. The van der Waals surface area contributed by atoms with Crippen LogP contribution in [0.5, 0.6) is 0 Å². The number of furan rings is 1. The number of carbonyl (C=O) groups is 2. The zero-order valence-corrected chi connectivity index (χ0v) is 25.7. The van der Waals surface area contributed by atoms with E-state index in [0.29, 0.717) is 46.1 Å². The van der Waals surface area contributed by atoms with Crippen LogP contribution in [0.2, 0.25) is 0 Å². The molecular weight excluding hydrogens is 644 g/mol. The summed E-state index contributed by atoms with van der Waals surface area (Å²) in [6.45, 7) is 0.767. The van der Waals surface area contributed by atoms with E-state index < -0.39 is 71.4 Å². The number of hydrogen-bond acceptors (Lipinski definition) is 6. The van der Waals surface area contributed by atoms with Crippen molar-refractivity contribution in [3.8, 4) is 0 Å². The van der Waals surface area contributed by atoms with Crippen LogP contribution in [0.15, 0.2) is 76.2 Å². The molecule has 0 saturated carbocycles. The van der Waals surface area contributed by atoms with Crippen LogP contribution in [0.3, 0.4) is 0 Å². The van der Waals surface area contributed by atoms with Crippen molar-refractivity contribution in [2.45, 2.75) is 57.7 Å². The molecule has 2 aromatic carbocycles. The van der Waals surface area contributed by atoms with Crippen molar-refractivity contribution in [1.82, 2.24) is 0 Å². The molecule has 4 atom stereocenters. The largest absolute Gasteiger partial charge is 0.459 e. The number of fused-ring (bicyclic) bond motifs is 1. The van der Waals surface area contributed by atoms with E-state index in [2.05, 4.69) is 0 Å². The second-order valence-electron chi connectivity index (χ2n) is 11.9. The van der Waals surface area contributed by atoms with Gasteiger partial charge in [-0.15, -0.1) is 0 Å². The summed E-state index contributed by atoms with van der Waals surface area (Å²) in [5.41, 5.74) is -1.70. The summed E-state index contributed by atoms with van der Waals surface area (Å²) in [4.78, 5) is 27.7. The zero-order valence-electron chi connectivity index (χ0n) is 25.7. The lowest BCUT2D eigenvalue weighted by Gasteiger charge is -2.36. The van der Waals surface area contributed by atoms with E-state index in [4.69, 9.17) is 4.42 Å². The van der Waals surface area contributed by atoms with Gasteiger partial charge in [0.1, 0.15) is 18.1 Å². The molecule has 2 heterocycles. The number of carbonyl (C=O) groups excluding carboxylic acids is 2. The van der Waals surface area contributed by atoms with Gasteiger partial charge in [-0.1, -0.05) is 42.8 Å². The Morgan fingerprint density at radius 1 is 0.958 bits per heavy atom. The smallest absolute Gasteiger partial charge is 0.416 e. The van der Waals surface area contributed by atoms with Crippen LogP contribution in [-0.2, 0) is 28.5 Å². The molecule has 7 nitrogen and oxygen atoms in total. The molecule has 0 spiro atoms. The maximum atomic E-state index is 13.8. The van der Waals surface area contributed by atoms with Crippen LogP contribution in [0, 0.1) is 17.8 Å². The predicted molar refractivity (Wildman–Crippen MR) is 163 cm³/mol. The fraction of sp³-hybridized carbons (Fsp3) is 0.371. The first-order valence-electron chi connectivity index (χ1n) is 15.3. The fourth-order valence-corrected chi connectivity index (χ4v) is 6.75. The Bertz CT molecular complexity index is 1690. The summed E-state index contributed by atoms with van der Waals surface area (Å²) >= 11 is 0. The van der Waals surface area contributed by atoms with Crippen molar-refractivity contribution in [3.63, 3.8) is 0 Å². The van der Waals surface area contributed by atoms with Crippen molar-refractivity contribution in [3.05, 3.63) is 100 Å². The van der Waals surface area contributed by atoms with E-state index in [9.17, 15) is 51.3 Å². The van der Waals surface area contributed by atoms with Gasteiger partial charge in [-0.25, -0.2) is 4.90 Å². The number of allylic oxidation sites excluding steroid dienone is 2. The highest BCUT2D eigenvalue weighted by Crippen LogP contribution is 2.49. The lowest BCUT2D eigenvalue weighted by atomic mass is 9.67. The molecule has 256 valence electrons. The third kappa shape index (κ3) is 6.99.